The number of carbonyl (C=O) groups is 1. The van der Waals surface area contributed by atoms with Gasteiger partial charge in [0, 0.05) is 11.6 Å². The normalized spacial score (nSPS) is 12.6. The molecule has 0 saturated carbocycles. The van der Waals surface area contributed by atoms with Crippen molar-refractivity contribution in [3.63, 3.8) is 0 Å². The zero-order valence-electron chi connectivity index (χ0n) is 9.66. The van der Waals surface area contributed by atoms with E-state index in [4.69, 9.17) is 11.6 Å². The SMILES string of the molecule is CC[C@@H](C)NC(=O)c1ccc2nc(Cl)sc2c1. The van der Waals surface area contributed by atoms with Gasteiger partial charge in [0.2, 0.25) is 0 Å². The summed E-state index contributed by atoms with van der Waals surface area (Å²) in [6.45, 7) is 4.02. The number of halogens is 1. The number of nitrogens with one attached hydrogen (secondary N) is 1. The van der Waals surface area contributed by atoms with Gasteiger partial charge in [0.05, 0.1) is 10.2 Å². The number of fused-ring (bicyclic) bond motifs is 1. The van der Waals surface area contributed by atoms with E-state index in [2.05, 4.69) is 10.3 Å². The number of hydrogen-bond acceptors (Lipinski definition) is 3. The smallest absolute Gasteiger partial charge is 0.251 e. The van der Waals surface area contributed by atoms with Crippen molar-refractivity contribution in [3.05, 3.63) is 28.2 Å². The molecule has 3 nitrogen and oxygen atoms in total. The largest absolute Gasteiger partial charge is 0.350 e. The molecule has 0 aliphatic carbocycles. The number of amides is 1. The molecule has 0 aliphatic rings. The molecule has 1 aromatic carbocycles. The van der Waals surface area contributed by atoms with E-state index in [1.807, 2.05) is 26.0 Å². The molecule has 90 valence electrons. The van der Waals surface area contributed by atoms with Gasteiger partial charge >= 0.3 is 0 Å². The molecule has 0 saturated heterocycles. The topological polar surface area (TPSA) is 42.0 Å². The lowest BCUT2D eigenvalue weighted by Crippen LogP contribution is -2.31. The monoisotopic (exact) mass is 268 g/mol. The van der Waals surface area contributed by atoms with Gasteiger partial charge < -0.3 is 5.32 Å². The quantitative estimate of drug-likeness (QED) is 0.926. The van der Waals surface area contributed by atoms with Crippen molar-refractivity contribution in [3.8, 4) is 0 Å². The highest BCUT2D eigenvalue weighted by Crippen LogP contribution is 2.26. The lowest BCUT2D eigenvalue weighted by atomic mass is 10.2. The van der Waals surface area contributed by atoms with Gasteiger partial charge in [-0.2, -0.15) is 0 Å². The van der Waals surface area contributed by atoms with E-state index in [0.29, 0.717) is 10.0 Å². The standard InChI is InChI=1S/C12H13ClN2OS/c1-3-7(2)14-11(16)8-4-5-9-10(6-8)17-12(13)15-9/h4-7H,3H2,1-2H3,(H,14,16)/t7-/m1/s1. The maximum Gasteiger partial charge on any atom is 0.251 e. The van der Waals surface area contributed by atoms with Gasteiger partial charge in [-0.25, -0.2) is 4.98 Å². The Labute approximate surface area is 109 Å². The second-order valence-corrected chi connectivity index (χ2v) is 5.54. The summed E-state index contributed by atoms with van der Waals surface area (Å²) >= 11 is 7.21. The molecule has 1 amide bonds. The lowest BCUT2D eigenvalue weighted by Gasteiger charge is -2.10. The number of carbonyl (C=O) groups excluding carboxylic acids is 1. The average Bonchev–Trinajstić information content (AvgIpc) is 2.67. The van der Waals surface area contributed by atoms with Crippen LogP contribution in [0.2, 0.25) is 4.47 Å². The van der Waals surface area contributed by atoms with E-state index < -0.39 is 0 Å². The van der Waals surface area contributed by atoms with Gasteiger partial charge in [-0.15, -0.1) is 11.3 Å². The predicted octanol–water partition coefficient (Wildman–Crippen LogP) is 3.48. The predicted molar refractivity (Wildman–Crippen MR) is 71.8 cm³/mol. The van der Waals surface area contributed by atoms with Gasteiger partial charge in [0.15, 0.2) is 4.47 Å². The Balaban J connectivity index is 2.26. The van der Waals surface area contributed by atoms with E-state index in [1.165, 1.54) is 11.3 Å². The van der Waals surface area contributed by atoms with Crippen LogP contribution >= 0.6 is 22.9 Å². The molecule has 0 spiro atoms. The van der Waals surface area contributed by atoms with Crippen LogP contribution in [0.15, 0.2) is 18.2 Å². The van der Waals surface area contributed by atoms with Gasteiger partial charge in [-0.05, 0) is 31.5 Å². The maximum absolute atomic E-state index is 11.9. The highest BCUT2D eigenvalue weighted by molar-refractivity contribution is 7.22. The number of hydrogen-bond donors (Lipinski definition) is 1. The van der Waals surface area contributed by atoms with Gasteiger partial charge in [-0.1, -0.05) is 18.5 Å². The van der Waals surface area contributed by atoms with E-state index in [-0.39, 0.29) is 11.9 Å². The fourth-order valence-corrected chi connectivity index (χ4v) is 2.52. The van der Waals surface area contributed by atoms with Crippen LogP contribution in [0.5, 0.6) is 0 Å². The first-order chi connectivity index (χ1) is 8.10. The Morgan fingerprint density at radius 3 is 3.06 bits per heavy atom. The summed E-state index contributed by atoms with van der Waals surface area (Å²) in [7, 11) is 0. The summed E-state index contributed by atoms with van der Waals surface area (Å²) in [5.41, 5.74) is 1.48. The van der Waals surface area contributed by atoms with Crippen molar-refractivity contribution in [2.45, 2.75) is 26.3 Å². The molecule has 1 atom stereocenters. The molecule has 0 bridgehead atoms. The van der Waals surface area contributed by atoms with Crippen LogP contribution in [0.1, 0.15) is 30.6 Å². The lowest BCUT2D eigenvalue weighted by molar-refractivity contribution is 0.0939. The number of nitrogens with zero attached hydrogens (tertiary/aromatic N) is 1. The van der Waals surface area contributed by atoms with Crippen LogP contribution in [-0.2, 0) is 0 Å². The van der Waals surface area contributed by atoms with E-state index in [9.17, 15) is 4.79 Å². The van der Waals surface area contributed by atoms with Crippen molar-refractivity contribution in [1.29, 1.82) is 0 Å². The Morgan fingerprint density at radius 2 is 2.35 bits per heavy atom. The Kier molecular flexibility index (Phi) is 3.64. The van der Waals surface area contributed by atoms with Crippen molar-refractivity contribution in [2.75, 3.05) is 0 Å². The van der Waals surface area contributed by atoms with Crippen LogP contribution in [-0.4, -0.2) is 16.9 Å². The third-order valence-electron chi connectivity index (χ3n) is 2.61. The first kappa shape index (κ1) is 12.3. The highest BCUT2D eigenvalue weighted by atomic mass is 35.5. The summed E-state index contributed by atoms with van der Waals surface area (Å²) in [5.74, 6) is -0.0502. The summed E-state index contributed by atoms with van der Waals surface area (Å²) in [4.78, 5) is 16.0. The zero-order valence-corrected chi connectivity index (χ0v) is 11.2. The zero-order chi connectivity index (χ0) is 12.4. The molecule has 2 aromatic rings. The molecular formula is C12H13ClN2OS. The van der Waals surface area contributed by atoms with Crippen LogP contribution < -0.4 is 5.32 Å². The molecule has 2 rings (SSSR count). The first-order valence-electron chi connectivity index (χ1n) is 5.47. The van der Waals surface area contributed by atoms with Gasteiger partial charge in [-0.3, -0.25) is 4.79 Å². The number of aromatic nitrogens is 1. The molecule has 0 fully saturated rings. The summed E-state index contributed by atoms with van der Waals surface area (Å²) < 4.78 is 1.44. The number of rotatable bonds is 3. The van der Waals surface area contributed by atoms with Crippen LogP contribution in [0, 0.1) is 0 Å². The summed E-state index contributed by atoms with van der Waals surface area (Å²) in [6, 6.07) is 5.61. The van der Waals surface area contributed by atoms with Crippen molar-refractivity contribution in [1.82, 2.24) is 10.3 Å². The maximum atomic E-state index is 11.9. The van der Waals surface area contributed by atoms with Gasteiger partial charge in [0.1, 0.15) is 0 Å². The molecule has 1 N–H and O–H groups in total. The minimum absolute atomic E-state index is 0.0502. The Bertz CT molecular complexity index is 552. The fraction of sp³-hybridized carbons (Fsp3) is 0.333. The first-order valence-corrected chi connectivity index (χ1v) is 6.66. The molecule has 5 heteroatoms. The van der Waals surface area contributed by atoms with Crippen molar-refractivity contribution < 1.29 is 4.79 Å². The van der Waals surface area contributed by atoms with Crippen LogP contribution in [0.4, 0.5) is 0 Å². The molecule has 0 unspecified atom stereocenters. The fourth-order valence-electron chi connectivity index (χ4n) is 1.45. The van der Waals surface area contributed by atoms with Gasteiger partial charge in [0.25, 0.3) is 5.91 Å². The summed E-state index contributed by atoms with van der Waals surface area (Å²) in [6.07, 6.45) is 0.917. The molecule has 1 heterocycles. The Hall–Kier alpha value is -1.13. The third-order valence-corrected chi connectivity index (χ3v) is 3.74. The highest BCUT2D eigenvalue weighted by Gasteiger charge is 2.10. The number of thiazole rings is 1. The molecule has 0 aliphatic heterocycles. The van der Waals surface area contributed by atoms with E-state index in [1.54, 1.807) is 6.07 Å². The Morgan fingerprint density at radius 1 is 1.59 bits per heavy atom. The van der Waals surface area contributed by atoms with Crippen LogP contribution in [0.3, 0.4) is 0 Å². The minimum Gasteiger partial charge on any atom is -0.350 e. The second kappa shape index (κ2) is 5.02. The summed E-state index contributed by atoms with van der Waals surface area (Å²) in [5, 5.41) is 2.93. The molecule has 17 heavy (non-hydrogen) atoms. The molecular weight excluding hydrogens is 256 g/mol. The number of benzene rings is 1. The molecule has 1 aromatic heterocycles. The van der Waals surface area contributed by atoms with Crippen molar-refractivity contribution in [2.24, 2.45) is 0 Å². The van der Waals surface area contributed by atoms with E-state index in [0.717, 1.165) is 16.6 Å². The van der Waals surface area contributed by atoms with Crippen LogP contribution in [0.25, 0.3) is 10.2 Å². The molecule has 0 radical (unpaired) electrons. The second-order valence-electron chi connectivity index (χ2n) is 3.93. The van der Waals surface area contributed by atoms with Crippen molar-refractivity contribution >= 4 is 39.1 Å². The third kappa shape index (κ3) is 2.76. The van der Waals surface area contributed by atoms with E-state index >= 15 is 0 Å². The average molecular weight is 269 g/mol. The minimum atomic E-state index is -0.0502.